The maximum absolute atomic E-state index is 13.2. The number of likely N-dealkylation sites (tertiary alicyclic amines) is 1. The van der Waals surface area contributed by atoms with E-state index in [4.69, 9.17) is 5.73 Å². The van der Waals surface area contributed by atoms with Gasteiger partial charge in [-0.15, -0.1) is 0 Å². The van der Waals surface area contributed by atoms with E-state index in [2.05, 4.69) is 14.7 Å². The van der Waals surface area contributed by atoms with Gasteiger partial charge in [-0.1, -0.05) is 6.07 Å². The molecule has 0 bridgehead atoms. The molecular formula is C24H27F2N5O4S. The lowest BCUT2D eigenvalue weighted by atomic mass is 9.86. The molecule has 0 radical (unpaired) electrons. The smallest absolute Gasteiger partial charge is 0.264 e. The fraction of sp³-hybridized carbons (Fsp3) is 0.375. The number of anilines is 2. The van der Waals surface area contributed by atoms with Gasteiger partial charge in [-0.25, -0.2) is 27.2 Å². The Labute approximate surface area is 207 Å². The number of rotatable bonds is 7. The lowest BCUT2D eigenvalue weighted by Gasteiger charge is -2.38. The van der Waals surface area contributed by atoms with E-state index in [-0.39, 0.29) is 60.2 Å². The van der Waals surface area contributed by atoms with E-state index in [9.17, 15) is 27.1 Å². The quantitative estimate of drug-likeness (QED) is 0.435. The van der Waals surface area contributed by atoms with E-state index in [0.717, 1.165) is 6.92 Å². The highest BCUT2D eigenvalue weighted by molar-refractivity contribution is 7.93. The zero-order valence-corrected chi connectivity index (χ0v) is 20.4. The van der Waals surface area contributed by atoms with Crippen molar-refractivity contribution in [2.75, 3.05) is 23.5 Å². The van der Waals surface area contributed by atoms with Gasteiger partial charge in [-0.3, -0.25) is 9.52 Å². The number of sulfonamides is 1. The van der Waals surface area contributed by atoms with E-state index in [0.29, 0.717) is 11.1 Å². The van der Waals surface area contributed by atoms with Gasteiger partial charge in [0.05, 0.1) is 17.3 Å². The predicted molar refractivity (Wildman–Crippen MR) is 131 cm³/mol. The third-order valence-corrected chi connectivity index (χ3v) is 7.65. The minimum atomic E-state index is -4.01. The van der Waals surface area contributed by atoms with E-state index >= 15 is 0 Å². The van der Waals surface area contributed by atoms with Crippen molar-refractivity contribution in [2.24, 2.45) is 0 Å². The van der Waals surface area contributed by atoms with Gasteiger partial charge in [0, 0.05) is 30.8 Å². The second kappa shape index (κ2) is 9.58. The van der Waals surface area contributed by atoms with Gasteiger partial charge in [-0.05, 0) is 62.6 Å². The van der Waals surface area contributed by atoms with Gasteiger partial charge >= 0.3 is 0 Å². The van der Waals surface area contributed by atoms with Crippen LogP contribution in [0.1, 0.15) is 43.0 Å². The van der Waals surface area contributed by atoms with Crippen molar-refractivity contribution in [1.29, 1.82) is 0 Å². The molecule has 4 N–H and O–H groups in total. The lowest BCUT2D eigenvalue weighted by Crippen LogP contribution is -2.47. The number of hydrogen-bond donors (Lipinski definition) is 3. The molecule has 0 saturated carbocycles. The molecule has 1 aromatic heterocycles. The zero-order valence-electron chi connectivity index (χ0n) is 19.6. The van der Waals surface area contributed by atoms with Crippen LogP contribution in [0.3, 0.4) is 0 Å². The van der Waals surface area contributed by atoms with Gasteiger partial charge in [0.1, 0.15) is 16.2 Å². The lowest BCUT2D eigenvalue weighted by molar-refractivity contribution is -0.0570. The molecule has 1 aliphatic rings. The standard InChI is InChI=1S/C24H27F2N5O4S/c1-23(25,26)9-10-24(33)11-13-31(14-12-24)22(32)16-5-7-17(8-6-16)30-36(34,35)19-4-2-3-18-21(19)28-15-20(27)29-18/h2-8,15,30,33H,9-14H2,1H3,(H2,27,29). The summed E-state index contributed by atoms with van der Waals surface area (Å²) >= 11 is 0. The highest BCUT2D eigenvalue weighted by Gasteiger charge is 2.36. The van der Waals surface area contributed by atoms with Gasteiger partial charge in [0.15, 0.2) is 0 Å². The van der Waals surface area contributed by atoms with Crippen LogP contribution in [0.15, 0.2) is 53.6 Å². The molecule has 2 heterocycles. The number of fused-ring (bicyclic) bond motifs is 1. The number of piperidine rings is 1. The Morgan fingerprint density at radius 3 is 2.50 bits per heavy atom. The molecule has 1 fully saturated rings. The van der Waals surface area contributed by atoms with Gasteiger partial charge in [0.25, 0.3) is 15.9 Å². The minimum absolute atomic E-state index is 0.0248. The van der Waals surface area contributed by atoms with Crippen LogP contribution in [0.2, 0.25) is 0 Å². The van der Waals surface area contributed by atoms with Crippen molar-refractivity contribution in [3.63, 3.8) is 0 Å². The van der Waals surface area contributed by atoms with Gasteiger partial charge < -0.3 is 15.7 Å². The first kappa shape index (κ1) is 25.7. The molecule has 192 valence electrons. The second-order valence-corrected chi connectivity index (χ2v) is 10.8. The molecule has 0 spiro atoms. The number of amides is 1. The molecule has 1 aliphatic heterocycles. The Balaban J connectivity index is 1.42. The van der Waals surface area contributed by atoms with Gasteiger partial charge in [-0.2, -0.15) is 0 Å². The highest BCUT2D eigenvalue weighted by atomic mass is 32.2. The molecule has 9 nitrogen and oxygen atoms in total. The van der Waals surface area contributed by atoms with Gasteiger partial charge in [0.2, 0.25) is 5.92 Å². The molecule has 36 heavy (non-hydrogen) atoms. The molecule has 0 aliphatic carbocycles. The monoisotopic (exact) mass is 519 g/mol. The van der Waals surface area contributed by atoms with Crippen LogP contribution in [0.25, 0.3) is 11.0 Å². The molecule has 0 unspecified atom stereocenters. The van der Waals surface area contributed by atoms with Crippen molar-refractivity contribution in [3.8, 4) is 0 Å². The van der Waals surface area contributed by atoms with Crippen molar-refractivity contribution in [2.45, 2.75) is 49.0 Å². The first-order chi connectivity index (χ1) is 16.9. The number of benzene rings is 2. The first-order valence-corrected chi connectivity index (χ1v) is 12.9. The number of nitrogens with zero attached hydrogens (tertiary/aromatic N) is 3. The van der Waals surface area contributed by atoms with Crippen molar-refractivity contribution in [3.05, 3.63) is 54.2 Å². The predicted octanol–water partition coefficient (Wildman–Crippen LogP) is 3.42. The number of carbonyl (C=O) groups excluding carboxylic acids is 1. The van der Waals surface area contributed by atoms with Crippen LogP contribution in [0.4, 0.5) is 20.3 Å². The first-order valence-electron chi connectivity index (χ1n) is 11.4. The average molecular weight is 520 g/mol. The Morgan fingerprint density at radius 1 is 1.19 bits per heavy atom. The normalized spacial score (nSPS) is 16.2. The fourth-order valence-corrected chi connectivity index (χ4v) is 5.37. The minimum Gasteiger partial charge on any atom is -0.390 e. The van der Waals surface area contributed by atoms with Crippen molar-refractivity contribution >= 4 is 38.5 Å². The summed E-state index contributed by atoms with van der Waals surface area (Å²) in [5, 5.41) is 10.6. The number of para-hydroxylation sites is 1. The number of hydrogen-bond acceptors (Lipinski definition) is 7. The molecule has 3 aromatic rings. The van der Waals surface area contributed by atoms with Crippen LogP contribution in [-0.4, -0.2) is 58.9 Å². The second-order valence-electron chi connectivity index (χ2n) is 9.19. The fourth-order valence-electron chi connectivity index (χ4n) is 4.15. The Morgan fingerprint density at radius 2 is 1.86 bits per heavy atom. The number of halogens is 2. The van der Waals surface area contributed by atoms with Crippen LogP contribution in [0.5, 0.6) is 0 Å². The van der Waals surface area contributed by atoms with Crippen molar-refractivity contribution in [1.82, 2.24) is 14.9 Å². The molecule has 2 aromatic carbocycles. The number of aromatic nitrogens is 2. The third-order valence-electron chi connectivity index (χ3n) is 6.24. The summed E-state index contributed by atoms with van der Waals surface area (Å²) in [4.78, 5) is 22.6. The van der Waals surface area contributed by atoms with Crippen molar-refractivity contribution < 1.29 is 27.1 Å². The number of nitrogen functional groups attached to an aromatic ring is 1. The number of carbonyl (C=O) groups is 1. The van der Waals surface area contributed by atoms with Crippen LogP contribution >= 0.6 is 0 Å². The summed E-state index contributed by atoms with van der Waals surface area (Å²) in [6.07, 6.45) is 1.28. The Kier molecular flexibility index (Phi) is 6.84. The largest absolute Gasteiger partial charge is 0.390 e. The summed E-state index contributed by atoms with van der Waals surface area (Å²) in [6.45, 7) is 1.31. The third kappa shape index (κ3) is 5.88. The summed E-state index contributed by atoms with van der Waals surface area (Å²) in [7, 11) is -4.01. The number of nitrogens with one attached hydrogen (secondary N) is 1. The number of alkyl halides is 2. The molecule has 1 amide bonds. The topological polar surface area (TPSA) is 139 Å². The van der Waals surface area contributed by atoms with E-state index in [1.165, 1.54) is 36.5 Å². The Hall–Kier alpha value is -3.38. The average Bonchev–Trinajstić information content (AvgIpc) is 2.82. The number of aliphatic hydroxyl groups is 1. The van der Waals surface area contributed by atoms with E-state index in [1.807, 2.05) is 0 Å². The zero-order chi connectivity index (χ0) is 26.1. The molecule has 4 rings (SSSR count). The van der Waals surface area contributed by atoms with Crippen LogP contribution < -0.4 is 10.5 Å². The maximum atomic E-state index is 13.2. The van der Waals surface area contributed by atoms with Crippen LogP contribution in [0, 0.1) is 0 Å². The summed E-state index contributed by atoms with van der Waals surface area (Å²) < 4.78 is 54.8. The molecular weight excluding hydrogens is 492 g/mol. The van der Waals surface area contributed by atoms with E-state index in [1.54, 1.807) is 17.0 Å². The summed E-state index contributed by atoms with van der Waals surface area (Å²) in [5.41, 5.74) is 5.54. The summed E-state index contributed by atoms with van der Waals surface area (Å²) in [6, 6.07) is 10.5. The molecule has 0 atom stereocenters. The number of nitrogens with two attached hydrogens (primary N) is 1. The highest BCUT2D eigenvalue weighted by Crippen LogP contribution is 2.32. The maximum Gasteiger partial charge on any atom is 0.264 e. The summed E-state index contributed by atoms with van der Waals surface area (Å²) in [5.74, 6) is -2.96. The van der Waals surface area contributed by atoms with Crippen LogP contribution in [-0.2, 0) is 10.0 Å². The molecule has 1 saturated heterocycles. The van der Waals surface area contributed by atoms with E-state index < -0.39 is 28.0 Å². The Bertz CT molecular complexity index is 1370. The SMILES string of the molecule is CC(F)(F)CCC1(O)CCN(C(=O)c2ccc(NS(=O)(=O)c3cccc4nc(N)cnc34)cc2)CC1. The molecule has 12 heteroatoms.